The molecule has 0 atom stereocenters. The second kappa shape index (κ2) is 9.79. The fourth-order valence-electron chi connectivity index (χ4n) is 5.78. The van der Waals surface area contributed by atoms with Gasteiger partial charge in [0.2, 0.25) is 5.91 Å². The molecule has 3 aromatic rings. The molecule has 2 aromatic carbocycles. The third kappa shape index (κ3) is 4.41. The van der Waals surface area contributed by atoms with Gasteiger partial charge in [0.25, 0.3) is 5.91 Å². The second-order valence-corrected chi connectivity index (χ2v) is 10.4. The summed E-state index contributed by atoms with van der Waals surface area (Å²) in [6.07, 6.45) is 0.880. The van der Waals surface area contributed by atoms with Gasteiger partial charge in [0.15, 0.2) is 16.8 Å². The van der Waals surface area contributed by atoms with Gasteiger partial charge in [-0.1, -0.05) is 12.1 Å². The molecule has 3 aliphatic rings. The first-order chi connectivity index (χ1) is 18.4. The largest absolute Gasteiger partial charge is 0.448 e. The Morgan fingerprint density at radius 1 is 0.816 bits per heavy atom. The molecule has 6 rings (SSSR count). The molecule has 0 spiro atoms. The Kier molecular flexibility index (Phi) is 6.31. The van der Waals surface area contributed by atoms with Crippen molar-refractivity contribution < 1.29 is 14.0 Å². The van der Waals surface area contributed by atoms with Crippen molar-refractivity contribution in [3.63, 3.8) is 0 Å². The van der Waals surface area contributed by atoms with Gasteiger partial charge in [-0.15, -0.1) is 0 Å². The van der Waals surface area contributed by atoms with Crippen LogP contribution in [-0.4, -0.2) is 87.6 Å². The number of fused-ring (bicyclic) bond motifs is 2. The number of carbonyl (C=O) groups excluding carboxylic acids is 2. The molecule has 198 valence electrons. The van der Waals surface area contributed by atoms with Crippen LogP contribution in [0.1, 0.15) is 23.0 Å². The number of likely N-dealkylation sites (N-methyl/N-ethyl adjacent to an activating group) is 1. The van der Waals surface area contributed by atoms with Crippen LogP contribution < -0.4 is 20.1 Å². The van der Waals surface area contributed by atoms with E-state index >= 15 is 0 Å². The Labute approximate surface area is 221 Å². The lowest BCUT2D eigenvalue weighted by Gasteiger charge is -2.36. The predicted molar refractivity (Wildman–Crippen MR) is 148 cm³/mol. The molecule has 0 unspecified atom stereocenters. The minimum atomic E-state index is -0.256. The zero-order valence-electron chi connectivity index (χ0n) is 22.0. The molecule has 0 N–H and O–H groups in total. The van der Waals surface area contributed by atoms with Crippen LogP contribution >= 0.6 is 0 Å². The van der Waals surface area contributed by atoms with Crippen molar-refractivity contribution in [3.05, 3.63) is 64.0 Å². The van der Waals surface area contributed by atoms with Crippen LogP contribution in [0.5, 0.6) is 0 Å². The molecule has 2 fully saturated rings. The van der Waals surface area contributed by atoms with Crippen LogP contribution in [0.15, 0.2) is 51.7 Å². The van der Waals surface area contributed by atoms with E-state index in [4.69, 9.17) is 4.42 Å². The van der Waals surface area contributed by atoms with Crippen LogP contribution in [0.4, 0.5) is 17.1 Å². The van der Waals surface area contributed by atoms with Crippen LogP contribution in [0, 0.1) is 0 Å². The number of hydrogen-bond acceptors (Lipinski definition) is 7. The first-order valence-electron chi connectivity index (χ1n) is 13.3. The maximum absolute atomic E-state index is 13.5. The maximum Gasteiger partial charge on any atom is 0.289 e. The van der Waals surface area contributed by atoms with E-state index in [9.17, 15) is 14.4 Å². The Bertz CT molecular complexity index is 1450. The van der Waals surface area contributed by atoms with E-state index in [1.165, 1.54) is 11.6 Å². The highest BCUT2D eigenvalue weighted by atomic mass is 16.3. The third-order valence-corrected chi connectivity index (χ3v) is 8.07. The molecule has 0 bridgehead atoms. The molecule has 4 heterocycles. The Morgan fingerprint density at radius 3 is 2.29 bits per heavy atom. The van der Waals surface area contributed by atoms with Gasteiger partial charge in [-0.05, 0) is 43.3 Å². The first kappa shape index (κ1) is 24.5. The molecule has 9 heteroatoms. The smallest absolute Gasteiger partial charge is 0.289 e. The highest BCUT2D eigenvalue weighted by Gasteiger charge is 2.28. The summed E-state index contributed by atoms with van der Waals surface area (Å²) in [6, 6.07) is 13.2. The van der Waals surface area contributed by atoms with Gasteiger partial charge in [-0.3, -0.25) is 14.4 Å². The fraction of sp³-hybridized carbons (Fsp3) is 0.414. The normalized spacial score (nSPS) is 18.3. The minimum Gasteiger partial charge on any atom is -0.448 e. The van der Waals surface area contributed by atoms with E-state index in [0.29, 0.717) is 37.1 Å². The van der Waals surface area contributed by atoms with E-state index in [-0.39, 0.29) is 23.0 Å². The number of piperazine rings is 2. The van der Waals surface area contributed by atoms with Gasteiger partial charge >= 0.3 is 0 Å². The van der Waals surface area contributed by atoms with E-state index in [1.807, 2.05) is 17.0 Å². The molecule has 1 aromatic heterocycles. The summed E-state index contributed by atoms with van der Waals surface area (Å²) in [6.45, 7) is 8.24. The number of benzene rings is 2. The molecular weight excluding hydrogens is 482 g/mol. The summed E-state index contributed by atoms with van der Waals surface area (Å²) in [5.41, 5.74) is 4.39. The van der Waals surface area contributed by atoms with Crippen molar-refractivity contribution in [2.75, 3.05) is 80.7 Å². The molecule has 0 aliphatic carbocycles. The molecule has 0 radical (unpaired) electrons. The van der Waals surface area contributed by atoms with Crippen LogP contribution in [-0.2, 0) is 11.2 Å². The lowest BCUT2D eigenvalue weighted by atomic mass is 10.1. The number of nitrogens with zero attached hydrogens (tertiary/aromatic N) is 5. The Morgan fingerprint density at radius 2 is 1.55 bits per heavy atom. The van der Waals surface area contributed by atoms with Crippen LogP contribution in [0.25, 0.3) is 11.0 Å². The lowest BCUT2D eigenvalue weighted by Crippen LogP contribution is -2.49. The number of amides is 2. The van der Waals surface area contributed by atoms with Crippen molar-refractivity contribution >= 4 is 39.8 Å². The highest BCUT2D eigenvalue weighted by molar-refractivity contribution is 5.96. The van der Waals surface area contributed by atoms with Gasteiger partial charge in [0, 0.05) is 83.3 Å². The van der Waals surface area contributed by atoms with Crippen molar-refractivity contribution in [1.82, 2.24) is 9.80 Å². The highest BCUT2D eigenvalue weighted by Crippen LogP contribution is 2.33. The van der Waals surface area contributed by atoms with Gasteiger partial charge in [-0.2, -0.15) is 0 Å². The summed E-state index contributed by atoms with van der Waals surface area (Å²) in [5, 5.41) is 0.499. The molecule has 9 nitrogen and oxygen atoms in total. The van der Waals surface area contributed by atoms with Crippen molar-refractivity contribution in [1.29, 1.82) is 0 Å². The van der Waals surface area contributed by atoms with Gasteiger partial charge in [0.05, 0.1) is 11.1 Å². The second-order valence-electron chi connectivity index (χ2n) is 10.4. The number of para-hydroxylation sites is 1. The zero-order valence-corrected chi connectivity index (χ0v) is 22.0. The number of hydrogen-bond donors (Lipinski definition) is 0. The average molecular weight is 516 g/mol. The predicted octanol–water partition coefficient (Wildman–Crippen LogP) is 2.42. The number of rotatable bonds is 3. The van der Waals surface area contributed by atoms with Crippen molar-refractivity contribution in [2.24, 2.45) is 0 Å². The molecule has 38 heavy (non-hydrogen) atoms. The van der Waals surface area contributed by atoms with Crippen molar-refractivity contribution in [2.45, 2.75) is 13.3 Å². The maximum atomic E-state index is 13.5. The van der Waals surface area contributed by atoms with E-state index in [0.717, 1.165) is 56.2 Å². The van der Waals surface area contributed by atoms with Crippen LogP contribution in [0.3, 0.4) is 0 Å². The summed E-state index contributed by atoms with van der Waals surface area (Å²) in [7, 11) is 2.10. The van der Waals surface area contributed by atoms with Gasteiger partial charge in [-0.25, -0.2) is 0 Å². The topological polar surface area (TPSA) is 80.5 Å². The molecular formula is C29H33N5O4. The van der Waals surface area contributed by atoms with E-state index in [2.05, 4.69) is 39.9 Å². The Hall–Kier alpha value is -3.85. The average Bonchev–Trinajstić information content (AvgIpc) is 3.37. The zero-order chi connectivity index (χ0) is 26.4. The minimum absolute atomic E-state index is 0.0592. The fourth-order valence-corrected chi connectivity index (χ4v) is 5.78. The molecule has 2 amide bonds. The van der Waals surface area contributed by atoms with E-state index in [1.54, 1.807) is 17.9 Å². The van der Waals surface area contributed by atoms with Crippen LogP contribution in [0.2, 0.25) is 0 Å². The molecule has 3 aliphatic heterocycles. The SMILES string of the molecule is CC(=O)N1CCc2ccc(N3CCN(C(=O)c4cc(=O)c5cccc(N6CCN(C)CC6)c5o4)CC3)cc21. The Balaban J connectivity index is 1.20. The quantitative estimate of drug-likeness (QED) is 0.530. The van der Waals surface area contributed by atoms with E-state index < -0.39 is 0 Å². The third-order valence-electron chi connectivity index (χ3n) is 8.07. The summed E-state index contributed by atoms with van der Waals surface area (Å²) >= 11 is 0. The van der Waals surface area contributed by atoms with Crippen molar-refractivity contribution in [3.8, 4) is 0 Å². The first-order valence-corrected chi connectivity index (χ1v) is 13.3. The molecule has 0 saturated carbocycles. The van der Waals surface area contributed by atoms with Gasteiger partial charge < -0.3 is 28.9 Å². The standard InChI is InChI=1S/C29H33N5O4/c1-20(35)34-9-8-21-6-7-22(18-25(21)34)31-14-16-33(17-15-31)29(37)27-19-26(36)23-4-3-5-24(28(23)38-27)32-12-10-30(2)11-13-32/h3-7,18-19H,8-17H2,1-2H3. The summed E-state index contributed by atoms with van der Waals surface area (Å²) < 4.78 is 6.17. The number of carbonyl (C=O) groups is 2. The molecule has 2 saturated heterocycles. The summed E-state index contributed by atoms with van der Waals surface area (Å²) in [4.78, 5) is 48.8. The number of anilines is 3. The lowest BCUT2D eigenvalue weighted by molar-refractivity contribution is -0.116. The van der Waals surface area contributed by atoms with Gasteiger partial charge in [0.1, 0.15) is 0 Å². The monoisotopic (exact) mass is 515 g/mol. The summed E-state index contributed by atoms with van der Waals surface area (Å²) in [5.74, 6) is -0.107.